The molecule has 4 heteroatoms. The van der Waals surface area contributed by atoms with Crippen LogP contribution in [0.4, 0.5) is 5.69 Å². The maximum Gasteiger partial charge on any atom is 0.118 e. The van der Waals surface area contributed by atoms with Crippen molar-refractivity contribution in [2.45, 2.75) is 12.5 Å². The number of rotatable bonds is 8. The van der Waals surface area contributed by atoms with Crippen molar-refractivity contribution in [1.29, 1.82) is 0 Å². The second kappa shape index (κ2) is 9.06. The first-order valence-electron chi connectivity index (χ1n) is 10.3. The number of aromatic nitrogens is 1. The summed E-state index contributed by atoms with van der Waals surface area (Å²) in [6, 6.07) is 25.6. The van der Waals surface area contributed by atoms with Gasteiger partial charge >= 0.3 is 0 Å². The summed E-state index contributed by atoms with van der Waals surface area (Å²) in [6.45, 7) is 1.67. The zero-order chi connectivity index (χ0) is 20.9. The molecule has 3 aromatic carbocycles. The Balaban J connectivity index is 1.58. The summed E-state index contributed by atoms with van der Waals surface area (Å²) < 4.78 is 5.26. The summed E-state index contributed by atoms with van der Waals surface area (Å²) in [6.07, 6.45) is 2.16. The van der Waals surface area contributed by atoms with Crippen LogP contribution in [0.5, 0.6) is 5.75 Å². The molecule has 0 spiro atoms. The Labute approximate surface area is 178 Å². The Kier molecular flexibility index (Phi) is 6.05. The fraction of sp³-hybridized carbons (Fsp3) is 0.231. The van der Waals surface area contributed by atoms with Gasteiger partial charge in [0.05, 0.1) is 7.11 Å². The third kappa shape index (κ3) is 4.34. The van der Waals surface area contributed by atoms with E-state index in [9.17, 15) is 0 Å². The highest BCUT2D eigenvalue weighted by atomic mass is 16.5. The first kappa shape index (κ1) is 20.0. The highest BCUT2D eigenvalue weighted by Crippen LogP contribution is 2.31. The molecule has 4 rings (SSSR count). The highest BCUT2D eigenvalue weighted by Gasteiger charge is 2.18. The molecule has 0 aliphatic rings. The van der Waals surface area contributed by atoms with Gasteiger partial charge < -0.3 is 19.9 Å². The SMILES string of the molecule is COc1ccc(CNCC(c2ccc(N(C)C)cc2)c2c[nH]c3ccccc23)cc1. The number of benzene rings is 3. The molecule has 30 heavy (non-hydrogen) atoms. The molecule has 1 unspecified atom stereocenters. The topological polar surface area (TPSA) is 40.3 Å². The molecule has 0 bridgehead atoms. The van der Waals surface area contributed by atoms with Crippen molar-refractivity contribution in [3.8, 4) is 5.75 Å². The molecule has 4 nitrogen and oxygen atoms in total. The molecule has 1 heterocycles. The van der Waals surface area contributed by atoms with E-state index in [-0.39, 0.29) is 5.92 Å². The average Bonchev–Trinajstić information content (AvgIpc) is 3.21. The number of hydrogen-bond acceptors (Lipinski definition) is 3. The summed E-state index contributed by atoms with van der Waals surface area (Å²) in [4.78, 5) is 5.57. The summed E-state index contributed by atoms with van der Waals surface area (Å²) in [5.41, 5.74) is 6.27. The number of ether oxygens (including phenoxy) is 1. The van der Waals surface area contributed by atoms with Gasteiger partial charge in [0.1, 0.15) is 5.75 Å². The lowest BCUT2D eigenvalue weighted by Crippen LogP contribution is -2.22. The second-order valence-electron chi connectivity index (χ2n) is 7.81. The summed E-state index contributed by atoms with van der Waals surface area (Å²) in [7, 11) is 5.84. The molecule has 0 saturated carbocycles. The van der Waals surface area contributed by atoms with Gasteiger partial charge in [-0.05, 0) is 47.0 Å². The van der Waals surface area contributed by atoms with E-state index in [0.717, 1.165) is 18.8 Å². The number of aromatic amines is 1. The first-order valence-corrected chi connectivity index (χ1v) is 10.3. The molecule has 0 saturated heterocycles. The predicted octanol–water partition coefficient (Wildman–Crippen LogP) is 5.16. The molecule has 2 N–H and O–H groups in total. The van der Waals surface area contributed by atoms with Crippen LogP contribution in [0.1, 0.15) is 22.6 Å². The number of para-hydroxylation sites is 1. The Bertz CT molecular complexity index is 1080. The van der Waals surface area contributed by atoms with E-state index >= 15 is 0 Å². The molecule has 154 valence electrons. The van der Waals surface area contributed by atoms with Crippen LogP contribution in [0.25, 0.3) is 10.9 Å². The van der Waals surface area contributed by atoms with Gasteiger partial charge in [-0.25, -0.2) is 0 Å². The number of H-pyrrole nitrogens is 1. The fourth-order valence-electron chi connectivity index (χ4n) is 3.90. The third-order valence-electron chi connectivity index (χ3n) is 5.65. The lowest BCUT2D eigenvalue weighted by atomic mass is 9.90. The zero-order valence-electron chi connectivity index (χ0n) is 17.9. The van der Waals surface area contributed by atoms with E-state index in [1.807, 2.05) is 12.1 Å². The van der Waals surface area contributed by atoms with Gasteiger partial charge in [-0.15, -0.1) is 0 Å². The number of nitrogens with one attached hydrogen (secondary N) is 2. The summed E-state index contributed by atoms with van der Waals surface area (Å²) >= 11 is 0. The Hall–Kier alpha value is -3.24. The number of methoxy groups -OCH3 is 1. The maximum atomic E-state index is 5.26. The van der Waals surface area contributed by atoms with Gasteiger partial charge in [-0.3, -0.25) is 0 Å². The minimum absolute atomic E-state index is 0.260. The van der Waals surface area contributed by atoms with E-state index in [2.05, 4.69) is 96.2 Å². The molecule has 4 aromatic rings. The van der Waals surface area contributed by atoms with Crippen LogP contribution in [-0.4, -0.2) is 32.7 Å². The number of hydrogen-bond donors (Lipinski definition) is 2. The van der Waals surface area contributed by atoms with Gasteiger partial charge in [0, 0.05) is 55.9 Å². The molecule has 1 atom stereocenters. The van der Waals surface area contributed by atoms with Crippen molar-refractivity contribution >= 4 is 16.6 Å². The normalized spacial score (nSPS) is 12.1. The largest absolute Gasteiger partial charge is 0.497 e. The third-order valence-corrected chi connectivity index (χ3v) is 5.65. The van der Waals surface area contributed by atoms with E-state index in [1.165, 1.54) is 33.3 Å². The van der Waals surface area contributed by atoms with E-state index in [0.29, 0.717) is 0 Å². The van der Waals surface area contributed by atoms with Crippen LogP contribution in [0.2, 0.25) is 0 Å². The standard InChI is InChI=1S/C26H29N3O/c1-29(2)21-12-10-20(11-13-21)24(25-18-28-26-7-5-4-6-23(25)26)17-27-16-19-8-14-22(30-3)15-9-19/h4-15,18,24,27-28H,16-17H2,1-3H3. The molecule has 0 aliphatic carbocycles. The predicted molar refractivity (Wildman–Crippen MR) is 126 cm³/mol. The molecule has 1 aromatic heterocycles. The van der Waals surface area contributed by atoms with Crippen molar-refractivity contribution in [3.63, 3.8) is 0 Å². The van der Waals surface area contributed by atoms with Crippen molar-refractivity contribution < 1.29 is 4.74 Å². The molecular formula is C26H29N3O. The van der Waals surface area contributed by atoms with E-state index in [1.54, 1.807) is 7.11 Å². The van der Waals surface area contributed by atoms with Crippen LogP contribution in [-0.2, 0) is 6.54 Å². The molecule has 0 amide bonds. The lowest BCUT2D eigenvalue weighted by Gasteiger charge is -2.20. The van der Waals surface area contributed by atoms with Crippen molar-refractivity contribution in [2.75, 3.05) is 32.6 Å². The van der Waals surface area contributed by atoms with E-state index < -0.39 is 0 Å². The summed E-state index contributed by atoms with van der Waals surface area (Å²) in [5.74, 6) is 1.15. The zero-order valence-corrected chi connectivity index (χ0v) is 17.9. The minimum atomic E-state index is 0.260. The van der Waals surface area contributed by atoms with E-state index in [4.69, 9.17) is 4.74 Å². The Morgan fingerprint density at radius 1 is 0.933 bits per heavy atom. The Morgan fingerprint density at radius 2 is 1.67 bits per heavy atom. The molecule has 0 radical (unpaired) electrons. The van der Waals surface area contributed by atoms with Crippen LogP contribution >= 0.6 is 0 Å². The number of anilines is 1. The molecule has 0 fully saturated rings. The van der Waals surface area contributed by atoms with Gasteiger partial charge in [0.15, 0.2) is 0 Å². The average molecular weight is 400 g/mol. The first-order chi connectivity index (χ1) is 14.7. The van der Waals surface area contributed by atoms with Gasteiger partial charge in [0.2, 0.25) is 0 Å². The van der Waals surface area contributed by atoms with Gasteiger partial charge in [0.25, 0.3) is 0 Å². The summed E-state index contributed by atoms with van der Waals surface area (Å²) in [5, 5.41) is 4.95. The van der Waals surface area contributed by atoms with Gasteiger partial charge in [-0.1, -0.05) is 42.5 Å². The highest BCUT2D eigenvalue weighted by molar-refractivity contribution is 5.84. The molecule has 0 aliphatic heterocycles. The fourth-order valence-corrected chi connectivity index (χ4v) is 3.90. The van der Waals surface area contributed by atoms with Crippen LogP contribution < -0.4 is 15.0 Å². The maximum absolute atomic E-state index is 5.26. The van der Waals surface area contributed by atoms with Crippen molar-refractivity contribution in [2.24, 2.45) is 0 Å². The molecular weight excluding hydrogens is 370 g/mol. The van der Waals surface area contributed by atoms with Crippen LogP contribution in [0.3, 0.4) is 0 Å². The smallest absolute Gasteiger partial charge is 0.118 e. The Morgan fingerprint density at radius 3 is 2.37 bits per heavy atom. The number of nitrogens with zero attached hydrogens (tertiary/aromatic N) is 1. The lowest BCUT2D eigenvalue weighted by molar-refractivity contribution is 0.414. The quantitative estimate of drug-likeness (QED) is 0.430. The van der Waals surface area contributed by atoms with Gasteiger partial charge in [-0.2, -0.15) is 0 Å². The number of fused-ring (bicyclic) bond motifs is 1. The minimum Gasteiger partial charge on any atom is -0.497 e. The van der Waals surface area contributed by atoms with Crippen LogP contribution in [0, 0.1) is 0 Å². The van der Waals surface area contributed by atoms with Crippen molar-refractivity contribution in [1.82, 2.24) is 10.3 Å². The monoisotopic (exact) mass is 399 g/mol. The van der Waals surface area contributed by atoms with Crippen molar-refractivity contribution in [3.05, 3.63) is 95.7 Å². The van der Waals surface area contributed by atoms with Crippen LogP contribution in [0.15, 0.2) is 79.0 Å². The second-order valence-corrected chi connectivity index (χ2v) is 7.81.